The van der Waals surface area contributed by atoms with Gasteiger partial charge in [0.2, 0.25) is 0 Å². The van der Waals surface area contributed by atoms with E-state index in [-0.39, 0.29) is 28.7 Å². The first-order chi connectivity index (χ1) is 16.2. The molecule has 2 heterocycles. The van der Waals surface area contributed by atoms with Gasteiger partial charge in [-0.1, -0.05) is 25.1 Å². The van der Waals surface area contributed by atoms with Crippen LogP contribution in [-0.4, -0.2) is 76.1 Å². The second kappa shape index (κ2) is 7.73. The molecule has 0 aromatic heterocycles. The number of aliphatic carboxylic acids is 2. The molecule has 1 aromatic carbocycles. The fourth-order valence-electron chi connectivity index (χ4n) is 7.56. The normalized spacial score (nSPS) is 37.8. The SMILES string of the molecule is CCCN1CC[C@]23c4c5ccc(O)c4O[C@H]2C2(OC)C=C[C@@]3(C[C@@H]2N=S)[C@H]1C5.O=C(O)C(=O)O. The first-order valence-corrected chi connectivity index (χ1v) is 11.9. The number of phenolic OH excluding ortho intramolecular Hbond substituents is 1. The molecule has 6 atom stereocenters. The molecular formula is C24H28N2O7S. The van der Waals surface area contributed by atoms with Gasteiger partial charge >= 0.3 is 11.9 Å². The molecular weight excluding hydrogens is 460 g/mol. The van der Waals surface area contributed by atoms with Gasteiger partial charge in [0.1, 0.15) is 17.7 Å². The Morgan fingerprint density at radius 1 is 1.29 bits per heavy atom. The van der Waals surface area contributed by atoms with Crippen molar-refractivity contribution < 1.29 is 34.4 Å². The average Bonchev–Trinajstić information content (AvgIpc) is 3.19. The summed E-state index contributed by atoms with van der Waals surface area (Å²) in [6, 6.07) is 4.19. The maximum absolute atomic E-state index is 10.7. The second-order valence-corrected chi connectivity index (χ2v) is 10.0. The van der Waals surface area contributed by atoms with Gasteiger partial charge in [0.25, 0.3) is 0 Å². The Morgan fingerprint density at radius 3 is 2.65 bits per heavy atom. The van der Waals surface area contributed by atoms with Gasteiger partial charge in [-0.25, -0.2) is 14.0 Å². The van der Waals surface area contributed by atoms with E-state index in [1.54, 1.807) is 13.2 Å². The molecule has 10 heteroatoms. The van der Waals surface area contributed by atoms with Crippen LogP contribution >= 0.6 is 0 Å². The third kappa shape index (κ3) is 2.61. The largest absolute Gasteiger partial charge is 0.504 e. The highest BCUT2D eigenvalue weighted by molar-refractivity contribution is 7.47. The third-order valence-electron chi connectivity index (χ3n) is 8.70. The number of phenols is 1. The van der Waals surface area contributed by atoms with E-state index >= 15 is 0 Å². The number of carboxylic acid groups (broad SMARTS) is 2. The fourth-order valence-corrected chi connectivity index (χ4v) is 7.80. The van der Waals surface area contributed by atoms with Gasteiger partial charge in [-0.15, -0.1) is 0 Å². The van der Waals surface area contributed by atoms with Crippen molar-refractivity contribution in [1.82, 2.24) is 4.90 Å². The zero-order chi connectivity index (χ0) is 24.5. The topological polar surface area (TPSA) is 129 Å². The number of benzene rings is 1. The van der Waals surface area contributed by atoms with Crippen molar-refractivity contribution in [3.05, 3.63) is 35.4 Å². The number of hydrogen-bond acceptors (Lipinski definition) is 8. The lowest BCUT2D eigenvalue weighted by molar-refractivity contribution is -0.196. The van der Waals surface area contributed by atoms with Crippen molar-refractivity contribution in [1.29, 1.82) is 0 Å². The summed E-state index contributed by atoms with van der Waals surface area (Å²) >= 11 is 5.26. The Labute approximate surface area is 202 Å². The van der Waals surface area contributed by atoms with Crippen LogP contribution in [-0.2, 0) is 38.6 Å². The Hall–Kier alpha value is -2.56. The molecule has 2 spiro atoms. The number of fused-ring (bicyclic) bond motifs is 1. The lowest BCUT2D eigenvalue weighted by Gasteiger charge is -2.70. The van der Waals surface area contributed by atoms with Crippen LogP contribution in [0, 0.1) is 5.41 Å². The van der Waals surface area contributed by atoms with E-state index < -0.39 is 17.5 Å². The number of ether oxygens (including phenoxy) is 2. The van der Waals surface area contributed by atoms with Gasteiger partial charge in [-0.2, -0.15) is 0 Å². The highest BCUT2D eigenvalue weighted by Crippen LogP contribution is 2.73. The van der Waals surface area contributed by atoms with E-state index in [0.717, 1.165) is 38.8 Å². The standard InChI is InChI=1S/C22H26N2O3S.C2H2O4/c1-3-9-24-10-8-21-17-13-4-5-14(25)18(17)27-19(21)22(26-2)7-6-20(21,16(24)11-13)12-15(22)23-28;3-1(4)2(5)6/h4-7,15-16,19,25H,3,8-12H2,1-2H3;(H,3,4)(H,5,6)/t15-,16+,19+,20+,21-,22?;/m0./s1. The molecule has 182 valence electrons. The van der Waals surface area contributed by atoms with Crippen LogP contribution in [0.3, 0.4) is 0 Å². The predicted molar refractivity (Wildman–Crippen MR) is 123 cm³/mol. The first-order valence-electron chi connectivity index (χ1n) is 11.5. The van der Waals surface area contributed by atoms with Crippen LogP contribution in [0.25, 0.3) is 0 Å². The molecule has 9 nitrogen and oxygen atoms in total. The van der Waals surface area contributed by atoms with Gasteiger partial charge in [0.15, 0.2) is 11.5 Å². The summed E-state index contributed by atoms with van der Waals surface area (Å²) in [5, 5.41) is 25.5. The number of rotatable bonds is 4. The molecule has 0 amide bonds. The van der Waals surface area contributed by atoms with E-state index in [0.29, 0.717) is 11.8 Å². The summed E-state index contributed by atoms with van der Waals surface area (Å²) in [7, 11) is 1.74. The maximum atomic E-state index is 10.7. The summed E-state index contributed by atoms with van der Waals surface area (Å²) < 4.78 is 17.1. The van der Waals surface area contributed by atoms with Crippen LogP contribution in [0.5, 0.6) is 11.5 Å². The Bertz CT molecular complexity index is 1100. The van der Waals surface area contributed by atoms with Crippen molar-refractivity contribution in [3.8, 4) is 11.5 Å². The molecule has 4 bridgehead atoms. The van der Waals surface area contributed by atoms with E-state index in [2.05, 4.69) is 34.4 Å². The summed E-state index contributed by atoms with van der Waals surface area (Å²) in [5.41, 5.74) is 1.64. The molecule has 1 aromatic rings. The summed E-state index contributed by atoms with van der Waals surface area (Å²) in [4.78, 5) is 20.9. The van der Waals surface area contributed by atoms with Crippen LogP contribution in [0.2, 0.25) is 0 Å². The average molecular weight is 489 g/mol. The number of carboxylic acids is 2. The van der Waals surface area contributed by atoms with Crippen LogP contribution in [0.15, 0.2) is 28.6 Å². The minimum Gasteiger partial charge on any atom is -0.504 e. The first kappa shape index (κ1) is 23.2. The molecule has 34 heavy (non-hydrogen) atoms. The summed E-state index contributed by atoms with van der Waals surface area (Å²) in [6.45, 7) is 4.41. The number of methoxy groups -OCH3 is 1. The van der Waals surface area contributed by atoms with E-state index in [1.807, 2.05) is 0 Å². The van der Waals surface area contributed by atoms with Gasteiger partial charge in [0.05, 0.1) is 5.41 Å². The monoisotopic (exact) mass is 488 g/mol. The van der Waals surface area contributed by atoms with Crippen LogP contribution in [0.4, 0.5) is 0 Å². The Morgan fingerprint density at radius 2 is 2.03 bits per heavy atom. The van der Waals surface area contributed by atoms with Crippen molar-refractivity contribution in [2.75, 3.05) is 20.2 Å². The fraction of sp³-hybridized carbons (Fsp3) is 0.583. The number of nitrogens with zero attached hydrogens (tertiary/aromatic N) is 2. The number of carbonyl (C=O) groups is 2. The molecule has 1 saturated heterocycles. The quantitative estimate of drug-likeness (QED) is 0.431. The molecule has 2 fully saturated rings. The van der Waals surface area contributed by atoms with Gasteiger partial charge in [-0.05, 0) is 50.4 Å². The number of likely N-dealkylation sites (tertiary alicyclic amines) is 1. The Kier molecular flexibility index (Phi) is 5.27. The number of aromatic hydroxyl groups is 1. The molecule has 2 aliphatic heterocycles. The van der Waals surface area contributed by atoms with E-state index in [4.69, 9.17) is 41.7 Å². The van der Waals surface area contributed by atoms with E-state index in [9.17, 15) is 5.11 Å². The Balaban J connectivity index is 0.000000360. The highest BCUT2D eigenvalue weighted by atomic mass is 32.1. The van der Waals surface area contributed by atoms with Crippen molar-refractivity contribution >= 4 is 24.4 Å². The van der Waals surface area contributed by atoms with Crippen LogP contribution < -0.4 is 4.74 Å². The maximum Gasteiger partial charge on any atom is 0.414 e. The molecule has 0 radical (unpaired) electrons. The summed E-state index contributed by atoms with van der Waals surface area (Å²) in [5.74, 6) is -2.74. The van der Waals surface area contributed by atoms with Gasteiger partial charge in [-0.3, -0.25) is 4.90 Å². The molecule has 3 N–H and O–H groups in total. The minimum absolute atomic E-state index is 0.0790. The zero-order valence-electron chi connectivity index (χ0n) is 19.1. The molecule has 4 aliphatic carbocycles. The number of piperidine rings is 1. The number of hydrogen-bond donors (Lipinski definition) is 3. The minimum atomic E-state index is -1.82. The highest BCUT2D eigenvalue weighted by Gasteiger charge is 2.79. The van der Waals surface area contributed by atoms with Gasteiger partial charge in [0, 0.05) is 36.6 Å². The third-order valence-corrected chi connectivity index (χ3v) is 8.96. The zero-order valence-corrected chi connectivity index (χ0v) is 19.9. The lowest BCUT2D eigenvalue weighted by Crippen LogP contribution is -2.80. The molecule has 1 unspecified atom stereocenters. The van der Waals surface area contributed by atoms with E-state index in [1.165, 1.54) is 11.1 Å². The summed E-state index contributed by atoms with van der Waals surface area (Å²) in [6.07, 6.45) is 8.44. The van der Waals surface area contributed by atoms with Gasteiger partial charge < -0.3 is 24.8 Å². The molecule has 6 aliphatic rings. The lowest BCUT2D eigenvalue weighted by atomic mass is 9.38. The second-order valence-electron chi connectivity index (χ2n) is 9.79. The molecule has 1 saturated carbocycles. The van der Waals surface area contributed by atoms with Crippen molar-refractivity contribution in [3.63, 3.8) is 0 Å². The van der Waals surface area contributed by atoms with Crippen LogP contribution in [0.1, 0.15) is 37.3 Å². The molecule has 7 rings (SSSR count). The smallest absolute Gasteiger partial charge is 0.414 e. The van der Waals surface area contributed by atoms with Crippen molar-refractivity contribution in [2.45, 2.75) is 61.8 Å². The van der Waals surface area contributed by atoms with Crippen molar-refractivity contribution in [2.24, 2.45) is 9.78 Å². The predicted octanol–water partition coefficient (Wildman–Crippen LogP) is 2.03.